The third kappa shape index (κ3) is 13.1. The summed E-state index contributed by atoms with van der Waals surface area (Å²) in [5.41, 5.74) is 5.67. The fourth-order valence-corrected chi connectivity index (χ4v) is 0.545. The summed E-state index contributed by atoms with van der Waals surface area (Å²) >= 11 is 0. The first-order chi connectivity index (χ1) is 6.52. The van der Waals surface area contributed by atoms with Crippen LogP contribution in [0.25, 0.3) is 0 Å². The van der Waals surface area contributed by atoms with Gasteiger partial charge in [0.05, 0.1) is 0 Å². The van der Waals surface area contributed by atoms with Crippen LogP contribution in [0.1, 0.15) is 12.5 Å². The number of phenols is 1. The molecule has 0 aliphatic rings. The number of carboxylic acids is 1. The van der Waals surface area contributed by atoms with Crippen molar-refractivity contribution in [2.75, 3.05) is 7.05 Å². The standard InChI is InChI=1S/C7H8O.C2H4O2.CH5N/c1-6-2-4-7(8)5-3-6;1-2(3)4;1-2/h2-5,8H,1H3;1H3,(H,3,4);2H2,1H3. The molecule has 0 saturated heterocycles. The second kappa shape index (κ2) is 9.54. The molecule has 1 rings (SSSR count). The van der Waals surface area contributed by atoms with Gasteiger partial charge in [0.25, 0.3) is 5.97 Å². The Morgan fingerprint density at radius 3 is 1.71 bits per heavy atom. The zero-order chi connectivity index (χ0) is 11.6. The topological polar surface area (TPSA) is 83.5 Å². The Balaban J connectivity index is 0. The molecule has 1 aromatic carbocycles. The van der Waals surface area contributed by atoms with Gasteiger partial charge in [0, 0.05) is 6.92 Å². The number of aromatic hydroxyl groups is 1. The first kappa shape index (κ1) is 14.9. The Morgan fingerprint density at radius 2 is 1.50 bits per heavy atom. The zero-order valence-corrected chi connectivity index (χ0v) is 8.69. The van der Waals surface area contributed by atoms with Crippen LogP contribution in [0.2, 0.25) is 0 Å². The third-order valence-electron chi connectivity index (χ3n) is 1.03. The summed E-state index contributed by atoms with van der Waals surface area (Å²) in [6, 6.07) is 7.09. The van der Waals surface area contributed by atoms with E-state index in [2.05, 4.69) is 5.73 Å². The van der Waals surface area contributed by atoms with Gasteiger partial charge in [-0.05, 0) is 26.1 Å². The molecule has 80 valence electrons. The number of aliphatic carboxylic acids is 1. The van der Waals surface area contributed by atoms with Gasteiger partial charge in [0.15, 0.2) is 0 Å². The minimum atomic E-state index is -0.833. The van der Waals surface area contributed by atoms with Crippen LogP contribution < -0.4 is 5.73 Å². The summed E-state index contributed by atoms with van der Waals surface area (Å²) < 4.78 is 0. The number of rotatable bonds is 0. The van der Waals surface area contributed by atoms with Crippen LogP contribution in [0.4, 0.5) is 0 Å². The van der Waals surface area contributed by atoms with Gasteiger partial charge >= 0.3 is 0 Å². The second-order valence-electron chi connectivity index (χ2n) is 2.35. The Morgan fingerprint density at radius 1 is 1.21 bits per heavy atom. The first-order valence-corrected chi connectivity index (χ1v) is 4.05. The predicted octanol–water partition coefficient (Wildman–Crippen LogP) is 1.37. The van der Waals surface area contributed by atoms with Gasteiger partial charge in [-0.25, -0.2) is 0 Å². The van der Waals surface area contributed by atoms with Gasteiger partial charge < -0.3 is 15.9 Å². The van der Waals surface area contributed by atoms with E-state index >= 15 is 0 Å². The lowest BCUT2D eigenvalue weighted by atomic mass is 10.2. The molecule has 0 heterocycles. The van der Waals surface area contributed by atoms with Gasteiger partial charge in [-0.3, -0.25) is 4.79 Å². The smallest absolute Gasteiger partial charge is 0.300 e. The maximum atomic E-state index is 9.00. The highest BCUT2D eigenvalue weighted by Crippen LogP contribution is 2.07. The van der Waals surface area contributed by atoms with Crippen molar-refractivity contribution < 1.29 is 15.0 Å². The highest BCUT2D eigenvalue weighted by Gasteiger charge is 1.82. The number of hydrogen-bond donors (Lipinski definition) is 3. The highest BCUT2D eigenvalue weighted by molar-refractivity contribution is 5.62. The molecule has 0 spiro atoms. The lowest BCUT2D eigenvalue weighted by molar-refractivity contribution is -0.134. The Bertz CT molecular complexity index is 219. The largest absolute Gasteiger partial charge is 0.508 e. The van der Waals surface area contributed by atoms with Crippen LogP contribution in [0.3, 0.4) is 0 Å². The summed E-state index contributed by atoms with van der Waals surface area (Å²) in [6.45, 7) is 3.07. The molecule has 0 atom stereocenters. The molecule has 14 heavy (non-hydrogen) atoms. The molecule has 4 N–H and O–H groups in total. The van der Waals surface area contributed by atoms with E-state index in [0.717, 1.165) is 6.92 Å². The molecule has 1 aromatic rings. The van der Waals surface area contributed by atoms with Gasteiger partial charge in [0.2, 0.25) is 0 Å². The fourth-order valence-electron chi connectivity index (χ4n) is 0.545. The number of hydrogen-bond acceptors (Lipinski definition) is 3. The second-order valence-corrected chi connectivity index (χ2v) is 2.35. The van der Waals surface area contributed by atoms with E-state index in [1.165, 1.54) is 12.6 Å². The molecule has 0 unspecified atom stereocenters. The normalized spacial score (nSPS) is 7.43. The average Bonchev–Trinajstić information content (AvgIpc) is 2.13. The van der Waals surface area contributed by atoms with Crippen molar-refractivity contribution in [2.45, 2.75) is 13.8 Å². The molecular weight excluding hydrogens is 182 g/mol. The van der Waals surface area contributed by atoms with Crippen LogP contribution in [-0.4, -0.2) is 23.2 Å². The van der Waals surface area contributed by atoms with E-state index < -0.39 is 5.97 Å². The van der Waals surface area contributed by atoms with E-state index in [4.69, 9.17) is 15.0 Å². The molecule has 0 bridgehead atoms. The van der Waals surface area contributed by atoms with Crippen LogP contribution >= 0.6 is 0 Å². The van der Waals surface area contributed by atoms with Gasteiger partial charge in [-0.2, -0.15) is 0 Å². The zero-order valence-electron chi connectivity index (χ0n) is 8.69. The minimum absolute atomic E-state index is 0.329. The van der Waals surface area contributed by atoms with Crippen LogP contribution in [0, 0.1) is 6.92 Å². The van der Waals surface area contributed by atoms with Crippen LogP contribution in [0.5, 0.6) is 5.75 Å². The number of nitrogens with two attached hydrogens (primary N) is 1. The summed E-state index contributed by atoms with van der Waals surface area (Å²) in [7, 11) is 1.50. The van der Waals surface area contributed by atoms with Crippen molar-refractivity contribution >= 4 is 5.97 Å². The van der Waals surface area contributed by atoms with E-state index in [1.54, 1.807) is 12.1 Å². The fraction of sp³-hybridized carbons (Fsp3) is 0.300. The number of phenolic OH excluding ortho intramolecular Hbond substituents is 1. The Hall–Kier alpha value is -1.55. The van der Waals surface area contributed by atoms with E-state index in [-0.39, 0.29) is 0 Å². The van der Waals surface area contributed by atoms with Gasteiger partial charge in [0.1, 0.15) is 5.75 Å². The van der Waals surface area contributed by atoms with Crippen molar-refractivity contribution in [3.63, 3.8) is 0 Å². The summed E-state index contributed by atoms with van der Waals surface area (Å²) in [6.07, 6.45) is 0. The summed E-state index contributed by atoms with van der Waals surface area (Å²) in [5.74, 6) is -0.504. The summed E-state index contributed by atoms with van der Waals surface area (Å²) in [5, 5.41) is 16.2. The predicted molar refractivity (Wildman–Crippen MR) is 56.3 cm³/mol. The maximum absolute atomic E-state index is 9.00. The Kier molecular flexibility index (Phi) is 10.2. The van der Waals surface area contributed by atoms with Crippen molar-refractivity contribution in [2.24, 2.45) is 5.73 Å². The number of carboxylic acid groups (broad SMARTS) is 1. The molecule has 0 amide bonds. The number of carbonyl (C=O) groups is 1. The van der Waals surface area contributed by atoms with Crippen LogP contribution in [-0.2, 0) is 4.79 Å². The molecule has 4 nitrogen and oxygen atoms in total. The van der Waals surface area contributed by atoms with Crippen LogP contribution in [0.15, 0.2) is 24.3 Å². The van der Waals surface area contributed by atoms with E-state index in [0.29, 0.717) is 5.75 Å². The number of benzene rings is 1. The van der Waals surface area contributed by atoms with Gasteiger partial charge in [-0.1, -0.05) is 17.7 Å². The molecule has 4 heteroatoms. The Labute approximate surface area is 84.0 Å². The monoisotopic (exact) mass is 199 g/mol. The molecule has 0 saturated carbocycles. The molecular formula is C10H17NO3. The van der Waals surface area contributed by atoms with E-state index in [1.807, 2.05) is 19.1 Å². The maximum Gasteiger partial charge on any atom is 0.300 e. The molecule has 0 aromatic heterocycles. The molecule has 0 aliphatic carbocycles. The lowest BCUT2D eigenvalue weighted by Crippen LogP contribution is -1.78. The SMILES string of the molecule is CC(=O)O.CN.Cc1ccc(O)cc1. The quantitative estimate of drug-likeness (QED) is 0.589. The average molecular weight is 199 g/mol. The van der Waals surface area contributed by atoms with E-state index in [9.17, 15) is 0 Å². The molecule has 0 fully saturated rings. The van der Waals surface area contributed by atoms with Crippen molar-refractivity contribution in [1.82, 2.24) is 0 Å². The molecule has 0 aliphatic heterocycles. The van der Waals surface area contributed by atoms with Crippen molar-refractivity contribution in [3.05, 3.63) is 29.8 Å². The van der Waals surface area contributed by atoms with Gasteiger partial charge in [-0.15, -0.1) is 0 Å². The third-order valence-corrected chi connectivity index (χ3v) is 1.03. The molecule has 0 radical (unpaired) electrons. The highest BCUT2D eigenvalue weighted by atomic mass is 16.4. The summed E-state index contributed by atoms with van der Waals surface area (Å²) in [4.78, 5) is 9.00. The number of aryl methyl sites for hydroxylation is 1. The lowest BCUT2D eigenvalue weighted by Gasteiger charge is -1.89. The first-order valence-electron chi connectivity index (χ1n) is 4.05. The van der Waals surface area contributed by atoms with Crippen molar-refractivity contribution in [1.29, 1.82) is 0 Å². The minimum Gasteiger partial charge on any atom is -0.508 e. The van der Waals surface area contributed by atoms with Crippen molar-refractivity contribution in [3.8, 4) is 5.75 Å².